The van der Waals surface area contributed by atoms with Gasteiger partial charge in [-0.1, -0.05) is 6.07 Å². The van der Waals surface area contributed by atoms with E-state index in [-0.39, 0.29) is 5.91 Å². The standard InChI is InChI=1S/C11H11IN2O/c1-14(7-3-6-13)11(15)9-4-2-5-10(12)8-9/h2,4-5,8H,3,7H2,1H3. The highest BCUT2D eigenvalue weighted by Gasteiger charge is 2.10. The van der Waals surface area contributed by atoms with Crippen LogP contribution in [0.15, 0.2) is 24.3 Å². The number of amides is 1. The molecule has 0 saturated carbocycles. The number of nitriles is 1. The largest absolute Gasteiger partial charge is 0.341 e. The average molecular weight is 314 g/mol. The topological polar surface area (TPSA) is 44.1 Å². The van der Waals surface area contributed by atoms with E-state index in [1.54, 1.807) is 18.0 Å². The molecule has 4 heteroatoms. The van der Waals surface area contributed by atoms with Crippen LogP contribution in [0.3, 0.4) is 0 Å². The number of hydrogen-bond acceptors (Lipinski definition) is 2. The molecular formula is C11H11IN2O. The summed E-state index contributed by atoms with van der Waals surface area (Å²) in [5.74, 6) is -0.0382. The minimum Gasteiger partial charge on any atom is -0.341 e. The molecule has 0 aliphatic carbocycles. The van der Waals surface area contributed by atoms with E-state index in [9.17, 15) is 4.79 Å². The number of carbonyl (C=O) groups is 1. The monoisotopic (exact) mass is 314 g/mol. The van der Waals surface area contributed by atoms with Gasteiger partial charge in [-0.15, -0.1) is 0 Å². The molecule has 0 bridgehead atoms. The molecule has 0 aliphatic rings. The van der Waals surface area contributed by atoms with E-state index < -0.39 is 0 Å². The van der Waals surface area contributed by atoms with Crippen LogP contribution < -0.4 is 0 Å². The molecular weight excluding hydrogens is 303 g/mol. The molecule has 0 radical (unpaired) electrons. The Bertz CT molecular complexity index is 398. The molecule has 0 aromatic heterocycles. The lowest BCUT2D eigenvalue weighted by Crippen LogP contribution is -2.27. The van der Waals surface area contributed by atoms with Crippen molar-refractivity contribution < 1.29 is 4.79 Å². The molecule has 1 aromatic rings. The fourth-order valence-electron chi connectivity index (χ4n) is 1.16. The Kier molecular flexibility index (Phi) is 4.56. The predicted molar refractivity (Wildman–Crippen MR) is 66.3 cm³/mol. The van der Waals surface area contributed by atoms with Gasteiger partial charge in [-0.2, -0.15) is 5.26 Å². The lowest BCUT2D eigenvalue weighted by atomic mass is 10.2. The van der Waals surface area contributed by atoms with Crippen molar-refractivity contribution in [2.75, 3.05) is 13.6 Å². The van der Waals surface area contributed by atoms with Crippen LogP contribution in [0.1, 0.15) is 16.8 Å². The van der Waals surface area contributed by atoms with Crippen LogP contribution in [-0.4, -0.2) is 24.4 Å². The molecule has 15 heavy (non-hydrogen) atoms. The summed E-state index contributed by atoms with van der Waals surface area (Å²) in [7, 11) is 1.71. The van der Waals surface area contributed by atoms with Gasteiger partial charge in [-0.25, -0.2) is 0 Å². The zero-order valence-corrected chi connectivity index (χ0v) is 10.6. The maximum Gasteiger partial charge on any atom is 0.253 e. The Morgan fingerprint density at radius 3 is 2.93 bits per heavy atom. The van der Waals surface area contributed by atoms with Crippen LogP contribution in [0.2, 0.25) is 0 Å². The maximum atomic E-state index is 11.8. The number of hydrogen-bond donors (Lipinski definition) is 0. The summed E-state index contributed by atoms with van der Waals surface area (Å²) in [5.41, 5.74) is 0.669. The van der Waals surface area contributed by atoms with Crippen LogP contribution in [0.4, 0.5) is 0 Å². The Hall–Kier alpha value is -1.09. The van der Waals surface area contributed by atoms with Crippen molar-refractivity contribution in [3.05, 3.63) is 33.4 Å². The van der Waals surface area contributed by atoms with Gasteiger partial charge in [0.25, 0.3) is 5.91 Å². The number of carbonyl (C=O) groups excluding carboxylic acids is 1. The van der Waals surface area contributed by atoms with E-state index >= 15 is 0 Å². The van der Waals surface area contributed by atoms with Gasteiger partial charge in [-0.3, -0.25) is 4.79 Å². The number of benzene rings is 1. The van der Waals surface area contributed by atoms with E-state index in [0.717, 1.165) is 3.57 Å². The molecule has 1 rings (SSSR count). The van der Waals surface area contributed by atoms with Crippen LogP contribution >= 0.6 is 22.6 Å². The van der Waals surface area contributed by atoms with Crippen molar-refractivity contribution in [3.63, 3.8) is 0 Å². The van der Waals surface area contributed by atoms with Gasteiger partial charge >= 0.3 is 0 Å². The first-order chi connectivity index (χ1) is 7.15. The molecule has 0 aliphatic heterocycles. The summed E-state index contributed by atoms with van der Waals surface area (Å²) in [4.78, 5) is 13.4. The highest BCUT2D eigenvalue weighted by Crippen LogP contribution is 2.09. The fraction of sp³-hybridized carbons (Fsp3) is 0.273. The van der Waals surface area contributed by atoms with Gasteiger partial charge in [0, 0.05) is 22.7 Å². The van der Waals surface area contributed by atoms with Gasteiger partial charge in [0.05, 0.1) is 12.5 Å². The minimum absolute atomic E-state index is 0.0382. The van der Waals surface area contributed by atoms with Crippen LogP contribution in [0.5, 0.6) is 0 Å². The molecule has 0 N–H and O–H groups in total. The Labute approximate surface area is 103 Å². The second-order valence-corrected chi connectivity index (χ2v) is 4.39. The normalized spacial score (nSPS) is 9.40. The lowest BCUT2D eigenvalue weighted by Gasteiger charge is -2.15. The summed E-state index contributed by atoms with van der Waals surface area (Å²) in [6.45, 7) is 0.473. The number of nitrogens with zero attached hydrogens (tertiary/aromatic N) is 2. The summed E-state index contributed by atoms with van der Waals surface area (Å²) in [6.07, 6.45) is 0.367. The summed E-state index contributed by atoms with van der Waals surface area (Å²) >= 11 is 2.17. The second-order valence-electron chi connectivity index (χ2n) is 3.15. The van der Waals surface area contributed by atoms with Gasteiger partial charge in [0.15, 0.2) is 0 Å². The summed E-state index contributed by atoms with van der Waals surface area (Å²) in [5, 5.41) is 8.42. The van der Waals surface area contributed by atoms with Gasteiger partial charge in [0.1, 0.15) is 0 Å². The molecule has 78 valence electrons. The van der Waals surface area contributed by atoms with Gasteiger partial charge in [0.2, 0.25) is 0 Å². The average Bonchev–Trinajstić information content (AvgIpc) is 2.24. The molecule has 0 atom stereocenters. The van der Waals surface area contributed by atoms with E-state index in [2.05, 4.69) is 22.6 Å². The quantitative estimate of drug-likeness (QED) is 0.804. The Morgan fingerprint density at radius 2 is 2.33 bits per heavy atom. The van der Waals surface area contributed by atoms with E-state index in [1.807, 2.05) is 24.3 Å². The van der Waals surface area contributed by atoms with Crippen molar-refractivity contribution in [2.24, 2.45) is 0 Å². The first-order valence-corrected chi connectivity index (χ1v) is 5.61. The molecule has 0 fully saturated rings. The van der Waals surface area contributed by atoms with Crippen LogP contribution in [0, 0.1) is 14.9 Å². The van der Waals surface area contributed by atoms with E-state index in [1.165, 1.54) is 0 Å². The van der Waals surface area contributed by atoms with Gasteiger partial charge < -0.3 is 4.90 Å². The Morgan fingerprint density at radius 1 is 1.60 bits per heavy atom. The van der Waals surface area contributed by atoms with Crippen molar-refractivity contribution in [1.29, 1.82) is 5.26 Å². The molecule has 0 unspecified atom stereocenters. The smallest absolute Gasteiger partial charge is 0.253 e. The van der Waals surface area contributed by atoms with Crippen molar-refractivity contribution in [3.8, 4) is 6.07 Å². The van der Waals surface area contributed by atoms with E-state index in [4.69, 9.17) is 5.26 Å². The lowest BCUT2D eigenvalue weighted by molar-refractivity contribution is 0.0798. The molecule has 0 spiro atoms. The molecule has 1 amide bonds. The first-order valence-electron chi connectivity index (χ1n) is 4.53. The van der Waals surface area contributed by atoms with Crippen LogP contribution in [0.25, 0.3) is 0 Å². The van der Waals surface area contributed by atoms with E-state index in [0.29, 0.717) is 18.5 Å². The second kappa shape index (κ2) is 5.71. The Balaban J connectivity index is 2.72. The van der Waals surface area contributed by atoms with Crippen molar-refractivity contribution >= 4 is 28.5 Å². The van der Waals surface area contributed by atoms with Crippen molar-refractivity contribution in [2.45, 2.75) is 6.42 Å². The molecule has 1 aromatic carbocycles. The third-order valence-electron chi connectivity index (χ3n) is 1.98. The summed E-state index contributed by atoms with van der Waals surface area (Å²) in [6, 6.07) is 9.44. The summed E-state index contributed by atoms with van der Waals surface area (Å²) < 4.78 is 1.03. The highest BCUT2D eigenvalue weighted by atomic mass is 127. The highest BCUT2D eigenvalue weighted by molar-refractivity contribution is 14.1. The number of rotatable bonds is 3. The number of halogens is 1. The zero-order valence-electron chi connectivity index (χ0n) is 8.40. The fourth-order valence-corrected chi connectivity index (χ4v) is 1.70. The van der Waals surface area contributed by atoms with Crippen molar-refractivity contribution in [1.82, 2.24) is 4.90 Å². The van der Waals surface area contributed by atoms with Gasteiger partial charge in [-0.05, 0) is 40.8 Å². The molecule has 3 nitrogen and oxygen atoms in total. The maximum absolute atomic E-state index is 11.8. The molecule has 0 heterocycles. The predicted octanol–water partition coefficient (Wildman–Crippen LogP) is 2.28. The first kappa shape index (κ1) is 12.0. The van der Waals surface area contributed by atoms with Crippen LogP contribution in [-0.2, 0) is 0 Å². The molecule has 0 saturated heterocycles. The zero-order chi connectivity index (χ0) is 11.3. The third kappa shape index (κ3) is 3.51. The SMILES string of the molecule is CN(CCC#N)C(=O)c1cccc(I)c1. The third-order valence-corrected chi connectivity index (χ3v) is 2.65. The minimum atomic E-state index is -0.0382.